The Morgan fingerprint density at radius 1 is 0.969 bits per heavy atom. The summed E-state index contributed by atoms with van der Waals surface area (Å²) < 4.78 is 19.5. The minimum absolute atomic E-state index is 0.00139. The van der Waals surface area contributed by atoms with Gasteiger partial charge in [-0.05, 0) is 74.4 Å². The standard InChI is InChI=1S/C25H48O5Si2/c1-22(2,3)31(9,10)29-19-15-13-14-18-24(7,27)17-16-20(25(18,19)21(26)28-8)30-32(11,12)23(4,5)6/h14,19-20,27H,13,15-17H2,1-12H3/t19-,20+,24+,25+/m1/s1. The molecule has 2 rings (SSSR count). The summed E-state index contributed by atoms with van der Waals surface area (Å²) in [5.41, 5.74) is -1.47. The molecule has 7 heteroatoms. The number of methoxy groups -OCH3 is 1. The number of esters is 1. The summed E-state index contributed by atoms with van der Waals surface area (Å²) in [4.78, 5) is 13.8. The van der Waals surface area contributed by atoms with Gasteiger partial charge in [0.15, 0.2) is 16.6 Å². The van der Waals surface area contributed by atoms with Gasteiger partial charge >= 0.3 is 5.97 Å². The van der Waals surface area contributed by atoms with E-state index in [2.05, 4.69) is 73.8 Å². The van der Waals surface area contributed by atoms with Gasteiger partial charge in [-0.15, -0.1) is 0 Å². The quantitative estimate of drug-likeness (QED) is 0.286. The zero-order valence-electron chi connectivity index (χ0n) is 22.6. The summed E-state index contributed by atoms with van der Waals surface area (Å²) >= 11 is 0. The molecule has 0 aromatic carbocycles. The Balaban J connectivity index is 2.71. The topological polar surface area (TPSA) is 65.0 Å². The highest BCUT2D eigenvalue weighted by Gasteiger charge is 2.65. The maximum Gasteiger partial charge on any atom is 0.321 e. The first-order chi connectivity index (χ1) is 14.2. The molecule has 0 unspecified atom stereocenters. The van der Waals surface area contributed by atoms with Crippen molar-refractivity contribution in [3.05, 3.63) is 11.6 Å². The van der Waals surface area contributed by atoms with E-state index < -0.39 is 27.7 Å². The summed E-state index contributed by atoms with van der Waals surface area (Å²) in [6.07, 6.45) is 3.96. The van der Waals surface area contributed by atoms with Gasteiger partial charge in [0, 0.05) is 0 Å². The van der Waals surface area contributed by atoms with Crippen LogP contribution in [-0.2, 0) is 18.4 Å². The van der Waals surface area contributed by atoms with Crippen LogP contribution >= 0.6 is 0 Å². The Morgan fingerprint density at radius 2 is 1.41 bits per heavy atom. The number of aliphatic hydroxyl groups is 1. The van der Waals surface area contributed by atoms with E-state index in [0.717, 1.165) is 18.4 Å². The van der Waals surface area contributed by atoms with Crippen molar-refractivity contribution in [2.24, 2.45) is 5.41 Å². The fourth-order valence-electron chi connectivity index (χ4n) is 4.68. The second-order valence-electron chi connectivity index (χ2n) is 13.1. The van der Waals surface area contributed by atoms with E-state index in [0.29, 0.717) is 12.8 Å². The van der Waals surface area contributed by atoms with Gasteiger partial charge in [-0.3, -0.25) is 4.79 Å². The van der Waals surface area contributed by atoms with Crippen LogP contribution in [0, 0.1) is 5.41 Å². The van der Waals surface area contributed by atoms with Gasteiger partial charge in [-0.1, -0.05) is 47.6 Å². The van der Waals surface area contributed by atoms with Crippen LogP contribution in [-0.4, -0.2) is 52.6 Å². The summed E-state index contributed by atoms with van der Waals surface area (Å²) in [5.74, 6) is -0.337. The van der Waals surface area contributed by atoms with Crippen molar-refractivity contribution < 1.29 is 23.5 Å². The third-order valence-corrected chi connectivity index (χ3v) is 17.7. The number of carbonyl (C=O) groups is 1. The zero-order chi connectivity index (χ0) is 25.0. The van der Waals surface area contributed by atoms with Gasteiger partial charge in [0.1, 0.15) is 5.41 Å². The summed E-state index contributed by atoms with van der Waals surface area (Å²) in [6, 6.07) is 0. The molecule has 0 spiro atoms. The van der Waals surface area contributed by atoms with Gasteiger partial charge in [-0.2, -0.15) is 0 Å². The van der Waals surface area contributed by atoms with E-state index in [1.165, 1.54) is 7.11 Å². The second kappa shape index (κ2) is 8.63. The van der Waals surface area contributed by atoms with E-state index in [1.54, 1.807) is 0 Å². The van der Waals surface area contributed by atoms with Gasteiger partial charge in [0.2, 0.25) is 0 Å². The summed E-state index contributed by atoms with van der Waals surface area (Å²) in [6.45, 7) is 24.0. The van der Waals surface area contributed by atoms with E-state index in [-0.39, 0.29) is 28.3 Å². The Morgan fingerprint density at radius 3 is 1.81 bits per heavy atom. The lowest BCUT2D eigenvalue weighted by molar-refractivity contribution is -0.175. The van der Waals surface area contributed by atoms with Crippen LogP contribution in [0.2, 0.25) is 36.3 Å². The molecule has 32 heavy (non-hydrogen) atoms. The minimum Gasteiger partial charge on any atom is -0.468 e. The molecular weight excluding hydrogens is 436 g/mol. The van der Waals surface area contributed by atoms with Gasteiger partial charge in [0.05, 0.1) is 24.9 Å². The molecule has 0 aromatic heterocycles. The van der Waals surface area contributed by atoms with Crippen LogP contribution in [0.15, 0.2) is 11.6 Å². The van der Waals surface area contributed by atoms with Gasteiger partial charge < -0.3 is 18.7 Å². The molecule has 0 heterocycles. The van der Waals surface area contributed by atoms with Crippen molar-refractivity contribution in [3.8, 4) is 0 Å². The molecule has 0 bridgehead atoms. The predicted molar refractivity (Wildman–Crippen MR) is 136 cm³/mol. The number of hydrogen-bond donors (Lipinski definition) is 1. The van der Waals surface area contributed by atoms with Crippen molar-refractivity contribution >= 4 is 22.6 Å². The second-order valence-corrected chi connectivity index (χ2v) is 22.6. The highest BCUT2D eigenvalue weighted by molar-refractivity contribution is 6.74. The Bertz CT molecular complexity index is 742. The van der Waals surface area contributed by atoms with Crippen LogP contribution in [0.5, 0.6) is 0 Å². The first kappa shape index (κ1) is 27.8. The van der Waals surface area contributed by atoms with E-state index in [1.807, 2.05) is 6.92 Å². The smallest absolute Gasteiger partial charge is 0.321 e. The van der Waals surface area contributed by atoms with Crippen molar-refractivity contribution in [1.29, 1.82) is 0 Å². The minimum atomic E-state index is -2.21. The molecule has 0 aromatic rings. The molecule has 0 radical (unpaired) electrons. The van der Waals surface area contributed by atoms with E-state index in [9.17, 15) is 9.90 Å². The molecule has 1 N–H and O–H groups in total. The lowest BCUT2D eigenvalue weighted by Gasteiger charge is -2.57. The largest absolute Gasteiger partial charge is 0.468 e. The van der Waals surface area contributed by atoms with Crippen LogP contribution in [0.1, 0.15) is 74.1 Å². The van der Waals surface area contributed by atoms with E-state index >= 15 is 0 Å². The molecule has 1 fully saturated rings. The molecule has 0 aliphatic heterocycles. The number of rotatable bonds is 5. The molecule has 4 atom stereocenters. The molecule has 0 amide bonds. The molecule has 186 valence electrons. The number of hydrogen-bond acceptors (Lipinski definition) is 5. The first-order valence-corrected chi connectivity index (χ1v) is 17.9. The zero-order valence-corrected chi connectivity index (χ0v) is 24.6. The van der Waals surface area contributed by atoms with Crippen LogP contribution < -0.4 is 0 Å². The number of fused-ring (bicyclic) bond motifs is 1. The summed E-state index contributed by atoms with van der Waals surface area (Å²) in [5, 5.41) is 11.5. The Kier molecular flexibility index (Phi) is 7.49. The average molecular weight is 485 g/mol. The van der Waals surface area contributed by atoms with Crippen LogP contribution in [0.4, 0.5) is 0 Å². The fourth-order valence-corrected chi connectivity index (χ4v) is 7.42. The Labute approximate surface area is 198 Å². The van der Waals surface area contributed by atoms with Crippen LogP contribution in [0.3, 0.4) is 0 Å². The third kappa shape index (κ3) is 4.70. The van der Waals surface area contributed by atoms with Crippen molar-refractivity contribution in [2.75, 3.05) is 7.11 Å². The highest BCUT2D eigenvalue weighted by Crippen LogP contribution is 2.57. The number of ether oxygens (including phenoxy) is 1. The Hall–Kier alpha value is -0.476. The molecule has 5 nitrogen and oxygen atoms in total. The maximum atomic E-state index is 13.8. The first-order valence-electron chi connectivity index (χ1n) is 12.1. The van der Waals surface area contributed by atoms with E-state index in [4.69, 9.17) is 13.6 Å². The van der Waals surface area contributed by atoms with Crippen molar-refractivity contribution in [1.82, 2.24) is 0 Å². The number of carbonyl (C=O) groups excluding carboxylic acids is 1. The lowest BCUT2D eigenvalue weighted by Crippen LogP contribution is -2.66. The molecule has 2 aliphatic carbocycles. The highest BCUT2D eigenvalue weighted by atomic mass is 28.4. The fraction of sp³-hybridized carbons (Fsp3) is 0.880. The average Bonchev–Trinajstić information content (AvgIpc) is 2.61. The predicted octanol–water partition coefficient (Wildman–Crippen LogP) is 6.19. The molecule has 2 aliphatic rings. The molecule has 0 saturated heterocycles. The maximum absolute atomic E-state index is 13.8. The molecule has 1 saturated carbocycles. The van der Waals surface area contributed by atoms with Gasteiger partial charge in [0.25, 0.3) is 0 Å². The number of allylic oxidation sites excluding steroid dienone is 1. The lowest BCUT2D eigenvalue weighted by atomic mass is 9.57. The third-order valence-electron chi connectivity index (χ3n) is 8.72. The summed E-state index contributed by atoms with van der Waals surface area (Å²) in [7, 11) is -2.97. The van der Waals surface area contributed by atoms with Crippen molar-refractivity contribution in [2.45, 2.75) is 128 Å². The van der Waals surface area contributed by atoms with Gasteiger partial charge in [-0.25, -0.2) is 0 Å². The van der Waals surface area contributed by atoms with Crippen LogP contribution in [0.25, 0.3) is 0 Å². The monoisotopic (exact) mass is 484 g/mol. The van der Waals surface area contributed by atoms with Crippen molar-refractivity contribution in [3.63, 3.8) is 0 Å². The normalized spacial score (nSPS) is 32.2. The SMILES string of the molecule is COC(=O)[C@@]12C(=CCC[C@H]1O[Si](C)(C)C(C)(C)C)[C@@](C)(O)CC[C@@H]2O[Si](C)(C)C(C)(C)C. The molecular formula is C25H48O5Si2.